The maximum absolute atomic E-state index is 12.3. The minimum Gasteiger partial charge on any atom is -0.481 e. The van der Waals surface area contributed by atoms with Crippen LogP contribution in [0.2, 0.25) is 5.02 Å². The first-order valence-electron chi connectivity index (χ1n) is 6.96. The standard InChI is InChI=1S/C15H16ClNO5/c16-11-6-5-8(14(19)20)7-12(11)17-13(18)9-3-1-2-4-10(9)15(21)22/h5-7,9-10H,1-4H2,(H,17,18)(H,19,20)(H,21,22). The Hall–Kier alpha value is -2.08. The summed E-state index contributed by atoms with van der Waals surface area (Å²) >= 11 is 5.96. The van der Waals surface area contributed by atoms with Crippen LogP contribution < -0.4 is 5.32 Å². The van der Waals surface area contributed by atoms with E-state index in [2.05, 4.69) is 5.32 Å². The predicted molar refractivity (Wildman–Crippen MR) is 80.1 cm³/mol. The molecule has 2 unspecified atom stereocenters. The van der Waals surface area contributed by atoms with E-state index in [0.29, 0.717) is 12.8 Å². The highest BCUT2D eigenvalue weighted by molar-refractivity contribution is 6.33. The van der Waals surface area contributed by atoms with Gasteiger partial charge in [0.15, 0.2) is 0 Å². The number of halogens is 1. The quantitative estimate of drug-likeness (QED) is 0.789. The largest absolute Gasteiger partial charge is 0.481 e. The van der Waals surface area contributed by atoms with Crippen molar-refractivity contribution < 1.29 is 24.6 Å². The smallest absolute Gasteiger partial charge is 0.335 e. The van der Waals surface area contributed by atoms with Gasteiger partial charge >= 0.3 is 11.9 Å². The minimum atomic E-state index is -1.13. The summed E-state index contributed by atoms with van der Waals surface area (Å²) in [5.74, 6) is -3.89. The number of anilines is 1. The first kappa shape index (κ1) is 16.3. The van der Waals surface area contributed by atoms with Crippen LogP contribution in [0.3, 0.4) is 0 Å². The molecule has 1 amide bonds. The van der Waals surface area contributed by atoms with E-state index in [4.69, 9.17) is 16.7 Å². The fraction of sp³-hybridized carbons (Fsp3) is 0.400. The summed E-state index contributed by atoms with van der Waals surface area (Å²) in [5, 5.41) is 20.9. The molecule has 0 bridgehead atoms. The van der Waals surface area contributed by atoms with Gasteiger partial charge in [0, 0.05) is 0 Å². The van der Waals surface area contributed by atoms with Gasteiger partial charge in [0.1, 0.15) is 0 Å². The van der Waals surface area contributed by atoms with E-state index in [-0.39, 0.29) is 16.3 Å². The summed E-state index contributed by atoms with van der Waals surface area (Å²) in [6.45, 7) is 0. The molecule has 0 aromatic heterocycles. The summed E-state index contributed by atoms with van der Waals surface area (Å²) in [7, 11) is 0. The number of rotatable bonds is 4. The lowest BCUT2D eigenvalue weighted by Gasteiger charge is -2.27. The van der Waals surface area contributed by atoms with Gasteiger partial charge in [-0.3, -0.25) is 9.59 Å². The second-order valence-electron chi connectivity index (χ2n) is 5.32. The van der Waals surface area contributed by atoms with Crippen LogP contribution in [0.25, 0.3) is 0 Å². The maximum Gasteiger partial charge on any atom is 0.335 e. The van der Waals surface area contributed by atoms with E-state index in [9.17, 15) is 19.5 Å². The molecule has 3 N–H and O–H groups in total. The lowest BCUT2D eigenvalue weighted by molar-refractivity contribution is -0.147. The molecule has 2 atom stereocenters. The molecule has 1 aliphatic carbocycles. The van der Waals surface area contributed by atoms with Gasteiger partial charge < -0.3 is 15.5 Å². The Morgan fingerprint density at radius 1 is 1.09 bits per heavy atom. The molecule has 0 heterocycles. The number of nitrogens with one attached hydrogen (secondary N) is 1. The second kappa shape index (κ2) is 6.79. The zero-order chi connectivity index (χ0) is 16.3. The van der Waals surface area contributed by atoms with Crippen LogP contribution >= 0.6 is 11.6 Å². The van der Waals surface area contributed by atoms with E-state index in [1.807, 2.05) is 0 Å². The molecule has 0 aliphatic heterocycles. The minimum absolute atomic E-state index is 0.00173. The number of amides is 1. The van der Waals surface area contributed by atoms with Crippen LogP contribution in [0.5, 0.6) is 0 Å². The molecule has 0 radical (unpaired) electrons. The number of carbonyl (C=O) groups is 3. The zero-order valence-electron chi connectivity index (χ0n) is 11.7. The van der Waals surface area contributed by atoms with E-state index in [0.717, 1.165) is 12.8 Å². The molecule has 6 nitrogen and oxygen atoms in total. The highest BCUT2D eigenvalue weighted by Crippen LogP contribution is 2.32. The third kappa shape index (κ3) is 3.57. The number of benzene rings is 1. The third-order valence-corrected chi connectivity index (χ3v) is 4.22. The highest BCUT2D eigenvalue weighted by Gasteiger charge is 2.35. The van der Waals surface area contributed by atoms with Crippen molar-refractivity contribution in [2.75, 3.05) is 5.32 Å². The predicted octanol–water partition coefficient (Wildman–Crippen LogP) is 2.87. The molecular formula is C15H16ClNO5. The first-order valence-corrected chi connectivity index (χ1v) is 7.34. The van der Waals surface area contributed by atoms with Gasteiger partial charge in [0.05, 0.1) is 28.1 Å². The number of hydrogen-bond donors (Lipinski definition) is 3. The molecule has 1 saturated carbocycles. The molecule has 7 heteroatoms. The fourth-order valence-electron chi connectivity index (χ4n) is 2.72. The molecule has 1 aromatic rings. The van der Waals surface area contributed by atoms with Crippen molar-refractivity contribution in [2.24, 2.45) is 11.8 Å². The van der Waals surface area contributed by atoms with Crippen molar-refractivity contribution in [3.63, 3.8) is 0 Å². The Bertz CT molecular complexity index is 616. The molecule has 1 fully saturated rings. The van der Waals surface area contributed by atoms with E-state index in [1.54, 1.807) is 0 Å². The van der Waals surface area contributed by atoms with Crippen LogP contribution in [0, 0.1) is 11.8 Å². The lowest BCUT2D eigenvalue weighted by Crippen LogP contribution is -2.36. The molecular weight excluding hydrogens is 310 g/mol. The Morgan fingerprint density at radius 2 is 1.73 bits per heavy atom. The van der Waals surface area contributed by atoms with Gasteiger partial charge in [-0.15, -0.1) is 0 Å². The van der Waals surface area contributed by atoms with Crippen molar-refractivity contribution in [3.05, 3.63) is 28.8 Å². The normalized spacial score (nSPS) is 21.1. The van der Waals surface area contributed by atoms with Crippen LogP contribution in [-0.4, -0.2) is 28.1 Å². The number of carbonyl (C=O) groups excluding carboxylic acids is 1. The maximum atomic E-state index is 12.3. The molecule has 0 spiro atoms. The summed E-state index contributed by atoms with van der Waals surface area (Å²) in [5.41, 5.74) is 0.180. The van der Waals surface area contributed by atoms with Crippen molar-refractivity contribution in [1.82, 2.24) is 0 Å². The van der Waals surface area contributed by atoms with Crippen molar-refractivity contribution in [2.45, 2.75) is 25.7 Å². The van der Waals surface area contributed by atoms with Crippen molar-refractivity contribution >= 4 is 35.1 Å². The molecule has 22 heavy (non-hydrogen) atoms. The van der Waals surface area contributed by atoms with E-state index < -0.39 is 29.7 Å². The monoisotopic (exact) mass is 325 g/mol. The van der Waals surface area contributed by atoms with Crippen LogP contribution in [0.1, 0.15) is 36.0 Å². The molecule has 1 aliphatic rings. The molecule has 118 valence electrons. The van der Waals surface area contributed by atoms with Crippen LogP contribution in [0.4, 0.5) is 5.69 Å². The average Bonchev–Trinajstić information content (AvgIpc) is 2.49. The Balaban J connectivity index is 2.19. The third-order valence-electron chi connectivity index (χ3n) is 3.89. The average molecular weight is 326 g/mol. The Kier molecular flexibility index (Phi) is 5.03. The summed E-state index contributed by atoms with van der Waals surface area (Å²) in [4.78, 5) is 34.5. The van der Waals surface area contributed by atoms with Gasteiger partial charge in [0.25, 0.3) is 0 Å². The fourth-order valence-corrected chi connectivity index (χ4v) is 2.88. The van der Waals surface area contributed by atoms with Crippen LogP contribution in [-0.2, 0) is 9.59 Å². The van der Waals surface area contributed by atoms with Gasteiger partial charge in [-0.1, -0.05) is 24.4 Å². The van der Waals surface area contributed by atoms with Crippen molar-refractivity contribution in [1.29, 1.82) is 0 Å². The first-order chi connectivity index (χ1) is 10.4. The molecule has 0 saturated heterocycles. The van der Waals surface area contributed by atoms with E-state index >= 15 is 0 Å². The summed E-state index contributed by atoms with van der Waals surface area (Å²) < 4.78 is 0. The lowest BCUT2D eigenvalue weighted by atomic mass is 9.78. The van der Waals surface area contributed by atoms with Gasteiger partial charge in [-0.2, -0.15) is 0 Å². The zero-order valence-corrected chi connectivity index (χ0v) is 12.5. The summed E-state index contributed by atoms with van der Waals surface area (Å²) in [6, 6.07) is 3.98. The van der Waals surface area contributed by atoms with Crippen molar-refractivity contribution in [3.8, 4) is 0 Å². The number of hydrogen-bond acceptors (Lipinski definition) is 3. The SMILES string of the molecule is O=C(O)c1ccc(Cl)c(NC(=O)C2CCCCC2C(=O)O)c1. The topological polar surface area (TPSA) is 104 Å². The molecule has 2 rings (SSSR count). The summed E-state index contributed by atoms with van der Waals surface area (Å²) in [6.07, 6.45) is 2.55. The number of carboxylic acid groups (broad SMARTS) is 2. The van der Waals surface area contributed by atoms with Gasteiger partial charge in [0.2, 0.25) is 5.91 Å². The highest BCUT2D eigenvalue weighted by atomic mass is 35.5. The van der Waals surface area contributed by atoms with E-state index in [1.165, 1.54) is 18.2 Å². The Morgan fingerprint density at radius 3 is 2.32 bits per heavy atom. The van der Waals surface area contributed by atoms with Gasteiger partial charge in [-0.25, -0.2) is 4.79 Å². The Labute approximate surface area is 132 Å². The van der Waals surface area contributed by atoms with Crippen LogP contribution in [0.15, 0.2) is 18.2 Å². The number of aliphatic carboxylic acids is 1. The van der Waals surface area contributed by atoms with Gasteiger partial charge in [-0.05, 0) is 31.0 Å². The number of carboxylic acids is 2. The molecule has 1 aromatic carbocycles. The number of aromatic carboxylic acids is 1. The second-order valence-corrected chi connectivity index (χ2v) is 5.73.